The van der Waals surface area contributed by atoms with Crippen LogP contribution in [0.4, 0.5) is 11.8 Å². The van der Waals surface area contributed by atoms with Gasteiger partial charge in [0.1, 0.15) is 5.02 Å². The van der Waals surface area contributed by atoms with Gasteiger partial charge in [0.25, 0.3) is 0 Å². The van der Waals surface area contributed by atoms with E-state index >= 15 is 0 Å². The summed E-state index contributed by atoms with van der Waals surface area (Å²) in [7, 11) is 1.79. The highest BCUT2D eigenvalue weighted by Gasteiger charge is 2.08. The maximum atomic E-state index is 6.07. The number of nitrogens with one attached hydrogen (secondary N) is 2. The first-order valence-electron chi connectivity index (χ1n) is 6.49. The molecule has 0 aromatic carbocycles. The highest BCUT2D eigenvalue weighted by Crippen LogP contribution is 2.21. The van der Waals surface area contributed by atoms with Crippen LogP contribution in [0.5, 0.6) is 0 Å². The molecule has 102 valence electrons. The zero-order valence-corrected chi connectivity index (χ0v) is 12.4. The van der Waals surface area contributed by atoms with Crippen molar-refractivity contribution in [3.8, 4) is 0 Å². The van der Waals surface area contributed by atoms with Crippen LogP contribution in [-0.2, 0) is 0 Å². The predicted molar refractivity (Wildman–Crippen MR) is 78.4 cm³/mol. The second-order valence-corrected chi connectivity index (χ2v) is 5.42. The Morgan fingerprint density at radius 2 is 2.00 bits per heavy atom. The van der Waals surface area contributed by atoms with Crippen LogP contribution in [0, 0.1) is 5.92 Å². The summed E-state index contributed by atoms with van der Waals surface area (Å²) < 4.78 is 0. The molecule has 1 atom stereocenters. The summed E-state index contributed by atoms with van der Waals surface area (Å²) in [5.74, 6) is 2.04. The Labute approximate surface area is 115 Å². The molecule has 18 heavy (non-hydrogen) atoms. The molecule has 1 aromatic heterocycles. The van der Waals surface area contributed by atoms with Crippen LogP contribution in [0.3, 0.4) is 0 Å². The van der Waals surface area contributed by atoms with E-state index in [1.165, 1.54) is 12.8 Å². The molecule has 0 saturated heterocycles. The van der Waals surface area contributed by atoms with Gasteiger partial charge < -0.3 is 10.6 Å². The fourth-order valence-corrected chi connectivity index (χ4v) is 1.87. The summed E-state index contributed by atoms with van der Waals surface area (Å²) in [5.41, 5.74) is 0. The largest absolute Gasteiger partial charge is 0.366 e. The zero-order chi connectivity index (χ0) is 13.5. The van der Waals surface area contributed by atoms with Gasteiger partial charge in [-0.2, -0.15) is 4.98 Å². The smallest absolute Gasteiger partial charge is 0.224 e. The van der Waals surface area contributed by atoms with Gasteiger partial charge in [-0.25, -0.2) is 4.98 Å². The topological polar surface area (TPSA) is 49.8 Å². The van der Waals surface area contributed by atoms with Gasteiger partial charge in [-0.3, -0.25) is 0 Å². The number of anilines is 2. The molecule has 0 aliphatic heterocycles. The molecule has 1 unspecified atom stereocenters. The van der Waals surface area contributed by atoms with Crippen molar-refractivity contribution in [3.63, 3.8) is 0 Å². The molecule has 0 bridgehead atoms. The average Bonchev–Trinajstić information content (AvgIpc) is 2.31. The monoisotopic (exact) mass is 270 g/mol. The first-order valence-corrected chi connectivity index (χ1v) is 6.87. The van der Waals surface area contributed by atoms with E-state index in [0.717, 1.165) is 12.3 Å². The fraction of sp³-hybridized carbons (Fsp3) is 0.692. The molecule has 5 heteroatoms. The lowest BCUT2D eigenvalue weighted by Gasteiger charge is -2.16. The summed E-state index contributed by atoms with van der Waals surface area (Å²) in [6, 6.07) is 0.362. The third-order valence-corrected chi connectivity index (χ3v) is 3.05. The minimum Gasteiger partial charge on any atom is -0.366 e. The number of halogens is 1. The lowest BCUT2D eigenvalue weighted by molar-refractivity contribution is 0.520. The predicted octanol–water partition coefficient (Wildman–Crippen LogP) is 3.80. The van der Waals surface area contributed by atoms with E-state index in [9.17, 15) is 0 Å². The molecule has 2 N–H and O–H groups in total. The molecule has 1 rings (SSSR count). The molecule has 0 spiro atoms. The molecule has 0 saturated carbocycles. The fourth-order valence-electron chi connectivity index (χ4n) is 1.73. The van der Waals surface area contributed by atoms with Gasteiger partial charge in [0.2, 0.25) is 5.95 Å². The summed E-state index contributed by atoms with van der Waals surface area (Å²) >= 11 is 6.07. The summed E-state index contributed by atoms with van der Waals surface area (Å²) in [6.45, 7) is 6.65. The van der Waals surface area contributed by atoms with Crippen molar-refractivity contribution in [2.24, 2.45) is 5.92 Å². The quantitative estimate of drug-likeness (QED) is 0.791. The van der Waals surface area contributed by atoms with E-state index < -0.39 is 0 Å². The molecule has 0 aliphatic carbocycles. The van der Waals surface area contributed by atoms with Crippen molar-refractivity contribution >= 4 is 23.4 Å². The minimum atomic E-state index is 0.362. The number of aromatic nitrogens is 2. The van der Waals surface area contributed by atoms with E-state index in [1.54, 1.807) is 13.2 Å². The summed E-state index contributed by atoms with van der Waals surface area (Å²) in [4.78, 5) is 8.36. The lowest BCUT2D eigenvalue weighted by Crippen LogP contribution is -2.17. The van der Waals surface area contributed by atoms with Crippen molar-refractivity contribution < 1.29 is 0 Å². The second kappa shape index (κ2) is 7.41. The Bertz CT molecular complexity index is 368. The highest BCUT2D eigenvalue weighted by molar-refractivity contribution is 6.32. The molecule has 0 amide bonds. The van der Waals surface area contributed by atoms with E-state index in [0.29, 0.717) is 22.8 Å². The van der Waals surface area contributed by atoms with Crippen LogP contribution in [0.25, 0.3) is 0 Å². The third kappa shape index (κ3) is 5.08. The van der Waals surface area contributed by atoms with Gasteiger partial charge in [0, 0.05) is 13.1 Å². The van der Waals surface area contributed by atoms with Crippen LogP contribution in [0.2, 0.25) is 5.02 Å². The van der Waals surface area contributed by atoms with Crippen LogP contribution < -0.4 is 10.6 Å². The van der Waals surface area contributed by atoms with Gasteiger partial charge in [-0.05, 0) is 19.3 Å². The van der Waals surface area contributed by atoms with Crippen molar-refractivity contribution in [2.45, 2.75) is 46.1 Å². The Hall–Kier alpha value is -1.03. The van der Waals surface area contributed by atoms with Gasteiger partial charge in [-0.1, -0.05) is 38.3 Å². The standard InChI is InChI=1S/C13H23ClN4/c1-9(2)6-5-7-10(3)17-12-11(14)8-16-13(15-4)18-12/h8-10H,5-7H2,1-4H3,(H2,15,16,17,18). The van der Waals surface area contributed by atoms with Crippen LogP contribution in [0.15, 0.2) is 6.20 Å². The molecule has 0 aliphatic rings. The number of rotatable bonds is 7. The Morgan fingerprint density at radius 1 is 1.28 bits per heavy atom. The van der Waals surface area contributed by atoms with Crippen LogP contribution >= 0.6 is 11.6 Å². The van der Waals surface area contributed by atoms with E-state index in [1.807, 2.05) is 0 Å². The SMILES string of the molecule is CNc1ncc(Cl)c(NC(C)CCCC(C)C)n1. The van der Waals surface area contributed by atoms with Crippen molar-refractivity contribution in [1.82, 2.24) is 9.97 Å². The number of nitrogens with zero attached hydrogens (tertiary/aromatic N) is 2. The highest BCUT2D eigenvalue weighted by atomic mass is 35.5. The van der Waals surface area contributed by atoms with Gasteiger partial charge in [0.05, 0.1) is 6.20 Å². The number of hydrogen-bond acceptors (Lipinski definition) is 4. The normalized spacial score (nSPS) is 12.6. The summed E-state index contributed by atoms with van der Waals surface area (Å²) in [5, 5.41) is 6.80. The molecular weight excluding hydrogens is 248 g/mol. The van der Waals surface area contributed by atoms with Crippen molar-refractivity contribution in [1.29, 1.82) is 0 Å². The molecule has 1 heterocycles. The van der Waals surface area contributed by atoms with Crippen molar-refractivity contribution in [2.75, 3.05) is 17.7 Å². The summed E-state index contributed by atoms with van der Waals surface area (Å²) in [6.07, 6.45) is 5.20. The molecule has 4 nitrogen and oxygen atoms in total. The molecule has 0 radical (unpaired) electrons. The molecule has 0 fully saturated rings. The Balaban J connectivity index is 2.50. The van der Waals surface area contributed by atoms with Gasteiger partial charge in [-0.15, -0.1) is 0 Å². The zero-order valence-electron chi connectivity index (χ0n) is 11.6. The van der Waals surface area contributed by atoms with Crippen molar-refractivity contribution in [3.05, 3.63) is 11.2 Å². The first kappa shape index (κ1) is 15.0. The van der Waals surface area contributed by atoms with E-state index in [4.69, 9.17) is 11.6 Å². The lowest BCUT2D eigenvalue weighted by atomic mass is 10.0. The third-order valence-electron chi connectivity index (χ3n) is 2.77. The Morgan fingerprint density at radius 3 is 2.61 bits per heavy atom. The van der Waals surface area contributed by atoms with E-state index in [-0.39, 0.29) is 0 Å². The van der Waals surface area contributed by atoms with Crippen LogP contribution in [-0.4, -0.2) is 23.1 Å². The van der Waals surface area contributed by atoms with E-state index in [2.05, 4.69) is 41.4 Å². The average molecular weight is 271 g/mol. The van der Waals surface area contributed by atoms with Gasteiger partial charge in [0.15, 0.2) is 5.82 Å². The Kier molecular flexibility index (Phi) is 6.19. The first-order chi connectivity index (χ1) is 8.52. The maximum Gasteiger partial charge on any atom is 0.224 e. The molecular formula is C13H23ClN4. The molecule has 1 aromatic rings. The second-order valence-electron chi connectivity index (χ2n) is 5.01. The maximum absolute atomic E-state index is 6.07. The van der Waals surface area contributed by atoms with Gasteiger partial charge >= 0.3 is 0 Å². The minimum absolute atomic E-state index is 0.362. The van der Waals surface area contributed by atoms with Crippen LogP contribution in [0.1, 0.15) is 40.0 Å². The number of hydrogen-bond donors (Lipinski definition) is 2.